The molecular formula is C23H25NO3. The molecule has 1 atom stereocenters. The molecule has 4 rings (SSSR count). The van der Waals surface area contributed by atoms with Gasteiger partial charge in [0, 0.05) is 19.5 Å². The van der Waals surface area contributed by atoms with Gasteiger partial charge >= 0.3 is 5.97 Å². The number of fused-ring (bicyclic) bond motifs is 2. The second-order valence-electron chi connectivity index (χ2n) is 7.40. The molecule has 2 aliphatic rings. The van der Waals surface area contributed by atoms with Crippen molar-refractivity contribution < 1.29 is 14.6 Å². The lowest BCUT2D eigenvalue weighted by atomic mass is 9.96. The minimum Gasteiger partial charge on any atom is -0.481 e. The van der Waals surface area contributed by atoms with Gasteiger partial charge in [-0.25, -0.2) is 0 Å². The number of aliphatic carboxylic acids is 1. The molecule has 2 aromatic rings. The van der Waals surface area contributed by atoms with Crippen LogP contribution in [0.3, 0.4) is 0 Å². The van der Waals surface area contributed by atoms with E-state index in [1.165, 1.54) is 22.3 Å². The van der Waals surface area contributed by atoms with Gasteiger partial charge in [0.25, 0.3) is 0 Å². The van der Waals surface area contributed by atoms with E-state index in [0.717, 1.165) is 26.1 Å². The predicted octanol–water partition coefficient (Wildman–Crippen LogP) is 4.07. The third kappa shape index (κ3) is 4.12. The second kappa shape index (κ2) is 8.07. The zero-order valence-corrected chi connectivity index (χ0v) is 15.4. The van der Waals surface area contributed by atoms with Crippen LogP contribution in [-0.4, -0.2) is 42.2 Å². The van der Waals surface area contributed by atoms with Gasteiger partial charge in [-0.3, -0.25) is 4.79 Å². The fraction of sp³-hybridized carbons (Fsp3) is 0.348. The number of rotatable bonds is 6. The summed E-state index contributed by atoms with van der Waals surface area (Å²) in [7, 11) is 0. The maximum Gasteiger partial charge on any atom is 0.303 e. The lowest BCUT2D eigenvalue weighted by Gasteiger charge is -2.23. The molecule has 0 saturated carbocycles. The highest BCUT2D eigenvalue weighted by atomic mass is 16.5. The molecule has 0 amide bonds. The van der Waals surface area contributed by atoms with Gasteiger partial charge in [0.15, 0.2) is 0 Å². The van der Waals surface area contributed by atoms with E-state index in [-0.39, 0.29) is 18.4 Å². The van der Waals surface area contributed by atoms with Crippen molar-refractivity contribution in [3.05, 3.63) is 70.8 Å². The third-order valence-electron chi connectivity index (χ3n) is 5.52. The molecule has 27 heavy (non-hydrogen) atoms. The summed E-state index contributed by atoms with van der Waals surface area (Å²) in [6.07, 6.45) is 5.48. The van der Waals surface area contributed by atoms with Crippen molar-refractivity contribution in [3.63, 3.8) is 0 Å². The van der Waals surface area contributed by atoms with Gasteiger partial charge in [-0.1, -0.05) is 60.7 Å². The van der Waals surface area contributed by atoms with Gasteiger partial charge in [-0.05, 0) is 41.1 Å². The Morgan fingerprint density at radius 2 is 1.67 bits per heavy atom. The number of ether oxygens (including phenoxy) is 1. The van der Waals surface area contributed by atoms with Crippen LogP contribution in [0.25, 0.3) is 12.2 Å². The molecule has 1 heterocycles. The Morgan fingerprint density at radius 3 is 2.30 bits per heavy atom. The van der Waals surface area contributed by atoms with Crippen LogP contribution in [0.5, 0.6) is 0 Å². The number of nitrogens with zero attached hydrogens (tertiary/aromatic N) is 1. The van der Waals surface area contributed by atoms with Crippen molar-refractivity contribution >= 4 is 18.1 Å². The first-order valence-electron chi connectivity index (χ1n) is 9.62. The highest BCUT2D eigenvalue weighted by Gasteiger charge is 2.25. The van der Waals surface area contributed by atoms with Crippen LogP contribution < -0.4 is 0 Å². The zero-order valence-electron chi connectivity index (χ0n) is 15.4. The van der Waals surface area contributed by atoms with Crippen molar-refractivity contribution in [2.75, 3.05) is 26.2 Å². The van der Waals surface area contributed by atoms with Crippen LogP contribution in [0.4, 0.5) is 0 Å². The van der Waals surface area contributed by atoms with E-state index in [0.29, 0.717) is 6.61 Å². The van der Waals surface area contributed by atoms with Crippen molar-refractivity contribution in [3.8, 4) is 0 Å². The summed E-state index contributed by atoms with van der Waals surface area (Å²) in [6, 6.07) is 16.8. The minimum atomic E-state index is -0.697. The summed E-state index contributed by atoms with van der Waals surface area (Å²) in [4.78, 5) is 13.2. The first-order valence-corrected chi connectivity index (χ1v) is 9.62. The van der Waals surface area contributed by atoms with Crippen molar-refractivity contribution in [1.29, 1.82) is 0 Å². The standard InChI is InChI=1S/C23H25NO3/c25-22(26)15-17-11-12-24(16-17)13-14-27-23-20-7-3-1-5-18(20)9-10-19-6-2-4-8-21(19)23/h1-10,17,23H,11-16H2,(H,25,26). The molecule has 1 unspecified atom stereocenters. The van der Waals surface area contributed by atoms with E-state index < -0.39 is 5.97 Å². The molecular weight excluding hydrogens is 338 g/mol. The quantitative estimate of drug-likeness (QED) is 0.840. The number of likely N-dealkylation sites (tertiary alicyclic amines) is 1. The van der Waals surface area contributed by atoms with Crippen LogP contribution >= 0.6 is 0 Å². The van der Waals surface area contributed by atoms with Gasteiger partial charge in [-0.15, -0.1) is 0 Å². The Balaban J connectivity index is 1.44. The Kier molecular flexibility index (Phi) is 5.37. The lowest BCUT2D eigenvalue weighted by Crippen LogP contribution is -2.26. The van der Waals surface area contributed by atoms with Crippen molar-refractivity contribution in [2.45, 2.75) is 18.9 Å². The van der Waals surface area contributed by atoms with E-state index in [9.17, 15) is 4.79 Å². The lowest BCUT2D eigenvalue weighted by molar-refractivity contribution is -0.138. The van der Waals surface area contributed by atoms with Crippen LogP contribution in [0.15, 0.2) is 48.5 Å². The summed E-state index contributed by atoms with van der Waals surface area (Å²) < 4.78 is 6.40. The second-order valence-corrected chi connectivity index (χ2v) is 7.40. The minimum absolute atomic E-state index is 0.0789. The Labute approximate surface area is 160 Å². The third-order valence-corrected chi connectivity index (χ3v) is 5.52. The molecule has 0 spiro atoms. The number of hydrogen-bond donors (Lipinski definition) is 1. The highest BCUT2D eigenvalue weighted by Crippen LogP contribution is 2.35. The number of hydrogen-bond acceptors (Lipinski definition) is 3. The van der Waals surface area contributed by atoms with Crippen LogP contribution in [0.2, 0.25) is 0 Å². The average molecular weight is 363 g/mol. The molecule has 4 nitrogen and oxygen atoms in total. The molecule has 1 N–H and O–H groups in total. The number of benzene rings is 2. The zero-order chi connectivity index (χ0) is 18.6. The molecule has 1 aliphatic heterocycles. The largest absolute Gasteiger partial charge is 0.481 e. The Morgan fingerprint density at radius 1 is 1.04 bits per heavy atom. The monoisotopic (exact) mass is 363 g/mol. The highest BCUT2D eigenvalue weighted by molar-refractivity contribution is 5.76. The maximum atomic E-state index is 10.9. The Bertz CT molecular complexity index is 796. The predicted molar refractivity (Wildman–Crippen MR) is 106 cm³/mol. The van der Waals surface area contributed by atoms with Gasteiger partial charge < -0.3 is 14.7 Å². The normalized spacial score (nSPS) is 19.5. The summed E-state index contributed by atoms with van der Waals surface area (Å²) in [5, 5.41) is 8.97. The van der Waals surface area contributed by atoms with Gasteiger partial charge in [0.2, 0.25) is 0 Å². The SMILES string of the molecule is O=C(O)CC1CCN(CCOC2c3ccccc3C=Cc3ccccc32)C1. The fourth-order valence-corrected chi connectivity index (χ4v) is 4.16. The molecule has 140 valence electrons. The molecule has 1 fully saturated rings. The number of carboxylic acids is 1. The van der Waals surface area contributed by atoms with E-state index >= 15 is 0 Å². The van der Waals surface area contributed by atoms with E-state index in [4.69, 9.17) is 9.84 Å². The van der Waals surface area contributed by atoms with Crippen LogP contribution in [-0.2, 0) is 9.53 Å². The van der Waals surface area contributed by atoms with Crippen molar-refractivity contribution in [2.24, 2.45) is 5.92 Å². The summed E-state index contributed by atoms with van der Waals surface area (Å²) in [5.74, 6) is -0.427. The maximum absolute atomic E-state index is 10.9. The van der Waals surface area contributed by atoms with E-state index in [1.807, 2.05) is 0 Å². The molecule has 4 heteroatoms. The summed E-state index contributed by atoms with van der Waals surface area (Å²) >= 11 is 0. The molecule has 0 bridgehead atoms. The molecule has 2 aromatic carbocycles. The molecule has 0 radical (unpaired) electrons. The van der Waals surface area contributed by atoms with Gasteiger partial charge in [0.05, 0.1) is 6.61 Å². The smallest absolute Gasteiger partial charge is 0.303 e. The van der Waals surface area contributed by atoms with E-state index in [1.54, 1.807) is 0 Å². The summed E-state index contributed by atoms with van der Waals surface area (Å²) in [5.41, 5.74) is 4.79. The topological polar surface area (TPSA) is 49.8 Å². The van der Waals surface area contributed by atoms with Gasteiger partial charge in [-0.2, -0.15) is 0 Å². The van der Waals surface area contributed by atoms with E-state index in [2.05, 4.69) is 65.6 Å². The Hall–Kier alpha value is -2.43. The molecule has 0 aromatic heterocycles. The van der Waals surface area contributed by atoms with Crippen LogP contribution in [0, 0.1) is 5.92 Å². The first kappa shape index (κ1) is 18.0. The molecule has 1 saturated heterocycles. The first-order chi connectivity index (χ1) is 13.2. The van der Waals surface area contributed by atoms with Crippen molar-refractivity contribution in [1.82, 2.24) is 4.90 Å². The van der Waals surface area contributed by atoms with Crippen LogP contribution in [0.1, 0.15) is 41.2 Å². The molecule has 1 aliphatic carbocycles. The fourth-order valence-electron chi connectivity index (χ4n) is 4.16. The van der Waals surface area contributed by atoms with Gasteiger partial charge in [0.1, 0.15) is 6.10 Å². The number of carbonyl (C=O) groups is 1. The summed E-state index contributed by atoms with van der Waals surface area (Å²) in [6.45, 7) is 3.28. The number of carboxylic acid groups (broad SMARTS) is 1. The average Bonchev–Trinajstić information content (AvgIpc) is 3.04.